The molecule has 7 heteroatoms. The molecule has 1 aliphatic rings. The number of amides is 1. The maximum absolute atomic E-state index is 11.9. The third-order valence-corrected chi connectivity index (χ3v) is 4.97. The number of thiazole rings is 1. The molecule has 0 spiro atoms. The molecule has 0 bridgehead atoms. The molecule has 0 unspecified atom stereocenters. The summed E-state index contributed by atoms with van der Waals surface area (Å²) in [4.78, 5) is 16.3. The van der Waals surface area contributed by atoms with Crippen LogP contribution >= 0.6 is 22.9 Å². The first-order valence-corrected chi connectivity index (χ1v) is 9.33. The normalized spacial score (nSPS) is 12.7. The second-order valence-electron chi connectivity index (χ2n) is 5.70. The molecule has 0 atom stereocenters. The van der Waals surface area contributed by atoms with Crippen LogP contribution in [-0.4, -0.2) is 24.2 Å². The van der Waals surface area contributed by atoms with Gasteiger partial charge in [0.25, 0.3) is 0 Å². The fraction of sp³-hybridized carbons (Fsp3) is 0.333. The Bertz CT molecular complexity index is 789. The molecule has 0 saturated heterocycles. The van der Waals surface area contributed by atoms with E-state index in [2.05, 4.69) is 15.7 Å². The predicted molar refractivity (Wildman–Crippen MR) is 99.4 cm³/mol. The number of benzene rings is 1. The van der Waals surface area contributed by atoms with Gasteiger partial charge in [-0.15, -0.1) is 11.3 Å². The molecular formula is C18H19ClN2O3S. The molecule has 0 saturated carbocycles. The van der Waals surface area contributed by atoms with Crippen molar-refractivity contribution < 1.29 is 14.3 Å². The fourth-order valence-electron chi connectivity index (χ4n) is 2.44. The van der Waals surface area contributed by atoms with Crippen molar-refractivity contribution in [3.05, 3.63) is 44.9 Å². The van der Waals surface area contributed by atoms with Crippen LogP contribution in [-0.2, 0) is 11.2 Å². The fourth-order valence-corrected chi connectivity index (χ4v) is 3.54. The van der Waals surface area contributed by atoms with Gasteiger partial charge in [0.05, 0.1) is 10.0 Å². The van der Waals surface area contributed by atoms with Crippen molar-refractivity contribution in [2.45, 2.75) is 26.2 Å². The lowest BCUT2D eigenvalue weighted by Crippen LogP contribution is -2.22. The minimum atomic E-state index is -0.126. The number of fused-ring (bicyclic) bond motifs is 1. The Morgan fingerprint density at radius 2 is 2.28 bits per heavy atom. The van der Waals surface area contributed by atoms with Gasteiger partial charge in [0.15, 0.2) is 11.5 Å². The van der Waals surface area contributed by atoms with E-state index in [4.69, 9.17) is 21.1 Å². The highest BCUT2D eigenvalue weighted by Crippen LogP contribution is 2.40. The van der Waals surface area contributed by atoms with Crippen molar-refractivity contribution in [3.8, 4) is 11.5 Å². The number of aromatic nitrogens is 1. The molecule has 2 heterocycles. The van der Waals surface area contributed by atoms with Gasteiger partial charge in [0.2, 0.25) is 12.7 Å². The smallest absolute Gasteiger partial charge is 0.243 e. The van der Waals surface area contributed by atoms with Crippen LogP contribution in [0.1, 0.15) is 29.1 Å². The largest absolute Gasteiger partial charge is 0.454 e. The third-order valence-electron chi connectivity index (χ3n) is 3.66. The zero-order valence-electron chi connectivity index (χ0n) is 13.9. The van der Waals surface area contributed by atoms with E-state index in [9.17, 15) is 4.79 Å². The van der Waals surface area contributed by atoms with Crippen LogP contribution in [0.25, 0.3) is 6.08 Å². The number of ether oxygens (including phenoxy) is 2. The third kappa shape index (κ3) is 4.96. The highest BCUT2D eigenvalue weighted by atomic mass is 35.5. The van der Waals surface area contributed by atoms with Gasteiger partial charge in [-0.2, -0.15) is 0 Å². The Morgan fingerprint density at radius 3 is 3.08 bits per heavy atom. The van der Waals surface area contributed by atoms with Gasteiger partial charge in [-0.25, -0.2) is 4.98 Å². The zero-order chi connectivity index (χ0) is 17.6. The summed E-state index contributed by atoms with van der Waals surface area (Å²) in [5.41, 5.74) is 1.87. The number of aryl methyl sites for hydroxylation is 2. The summed E-state index contributed by atoms with van der Waals surface area (Å²) in [6.45, 7) is 2.82. The van der Waals surface area contributed by atoms with Crippen molar-refractivity contribution in [2.75, 3.05) is 13.3 Å². The lowest BCUT2D eigenvalue weighted by molar-refractivity contribution is -0.116. The number of unbranched alkanes of at least 4 members (excludes halogenated alkanes) is 1. The summed E-state index contributed by atoms with van der Waals surface area (Å²) >= 11 is 7.81. The number of nitrogens with zero attached hydrogens (tertiary/aromatic N) is 1. The Labute approximate surface area is 155 Å². The summed E-state index contributed by atoms with van der Waals surface area (Å²) in [5, 5.41) is 6.57. The quantitative estimate of drug-likeness (QED) is 0.584. The molecule has 2 aromatic rings. The van der Waals surface area contributed by atoms with Crippen LogP contribution in [0.4, 0.5) is 0 Å². The van der Waals surface area contributed by atoms with E-state index in [-0.39, 0.29) is 12.7 Å². The van der Waals surface area contributed by atoms with E-state index in [1.807, 2.05) is 6.92 Å². The average Bonchev–Trinajstić information content (AvgIpc) is 3.21. The minimum absolute atomic E-state index is 0.126. The molecule has 1 aromatic heterocycles. The first kappa shape index (κ1) is 17.8. The van der Waals surface area contributed by atoms with Crippen molar-refractivity contribution in [2.24, 2.45) is 0 Å². The van der Waals surface area contributed by atoms with Gasteiger partial charge in [-0.05, 0) is 50.0 Å². The Hall–Kier alpha value is -2.05. The SMILES string of the molecule is Cc1csc(CCCCNC(=O)/C=C/c2cc(Cl)c3c(c2)OCO3)n1. The number of halogens is 1. The van der Waals surface area contributed by atoms with Crippen LogP contribution in [0.2, 0.25) is 5.02 Å². The molecule has 132 valence electrons. The number of hydrogen-bond acceptors (Lipinski definition) is 5. The second kappa shape index (κ2) is 8.36. The molecule has 25 heavy (non-hydrogen) atoms. The summed E-state index contributed by atoms with van der Waals surface area (Å²) in [6, 6.07) is 3.54. The molecule has 3 rings (SSSR count). The molecule has 1 aliphatic heterocycles. The van der Waals surface area contributed by atoms with Gasteiger partial charge in [0, 0.05) is 23.7 Å². The van der Waals surface area contributed by atoms with E-state index >= 15 is 0 Å². The molecule has 0 fully saturated rings. The topological polar surface area (TPSA) is 60.5 Å². The van der Waals surface area contributed by atoms with Crippen molar-refractivity contribution in [3.63, 3.8) is 0 Å². The van der Waals surface area contributed by atoms with E-state index in [0.29, 0.717) is 23.1 Å². The molecular weight excluding hydrogens is 360 g/mol. The maximum Gasteiger partial charge on any atom is 0.243 e. The number of carbonyl (C=O) groups excluding carboxylic acids is 1. The Balaban J connectivity index is 1.40. The monoisotopic (exact) mass is 378 g/mol. The number of carbonyl (C=O) groups is 1. The molecule has 1 N–H and O–H groups in total. The molecule has 1 amide bonds. The van der Waals surface area contributed by atoms with Gasteiger partial charge < -0.3 is 14.8 Å². The van der Waals surface area contributed by atoms with Crippen LogP contribution in [0.15, 0.2) is 23.6 Å². The molecule has 0 radical (unpaired) electrons. The summed E-state index contributed by atoms with van der Waals surface area (Å²) in [6.07, 6.45) is 6.10. The summed E-state index contributed by atoms with van der Waals surface area (Å²) in [7, 11) is 0. The van der Waals surface area contributed by atoms with Crippen LogP contribution in [0, 0.1) is 6.92 Å². The van der Waals surface area contributed by atoms with Crippen LogP contribution in [0.3, 0.4) is 0 Å². The van der Waals surface area contributed by atoms with Gasteiger partial charge in [0.1, 0.15) is 0 Å². The van der Waals surface area contributed by atoms with Gasteiger partial charge in [-0.1, -0.05) is 11.6 Å². The number of hydrogen-bond donors (Lipinski definition) is 1. The Kier molecular flexibility index (Phi) is 5.94. The minimum Gasteiger partial charge on any atom is -0.454 e. The first-order valence-electron chi connectivity index (χ1n) is 8.08. The van der Waals surface area contributed by atoms with Crippen LogP contribution in [0.5, 0.6) is 11.5 Å². The molecule has 0 aliphatic carbocycles. The number of nitrogens with one attached hydrogen (secondary N) is 1. The lowest BCUT2D eigenvalue weighted by atomic mass is 10.2. The van der Waals surface area contributed by atoms with Crippen molar-refractivity contribution >= 4 is 34.9 Å². The summed E-state index contributed by atoms with van der Waals surface area (Å²) in [5.74, 6) is 1.03. The highest BCUT2D eigenvalue weighted by Gasteiger charge is 2.17. The Morgan fingerprint density at radius 1 is 1.40 bits per heavy atom. The maximum atomic E-state index is 11.9. The molecule has 5 nitrogen and oxygen atoms in total. The average molecular weight is 379 g/mol. The standard InChI is InChI=1S/C18H19ClN2O3S/c1-12-10-25-17(21-12)4-2-3-7-20-16(22)6-5-13-8-14(19)18-15(9-13)23-11-24-18/h5-6,8-10H,2-4,7,11H2,1H3,(H,20,22)/b6-5+. The van der Waals surface area contributed by atoms with Gasteiger partial charge in [-0.3, -0.25) is 4.79 Å². The predicted octanol–water partition coefficient (Wildman–Crippen LogP) is 3.99. The first-order chi connectivity index (χ1) is 12.1. The highest BCUT2D eigenvalue weighted by molar-refractivity contribution is 7.09. The van der Waals surface area contributed by atoms with Crippen molar-refractivity contribution in [1.82, 2.24) is 10.3 Å². The zero-order valence-corrected chi connectivity index (χ0v) is 15.5. The summed E-state index contributed by atoms with van der Waals surface area (Å²) < 4.78 is 10.6. The number of rotatable bonds is 7. The molecule has 1 aromatic carbocycles. The van der Waals surface area contributed by atoms with E-state index in [1.54, 1.807) is 29.5 Å². The van der Waals surface area contributed by atoms with E-state index in [1.165, 1.54) is 6.08 Å². The second-order valence-corrected chi connectivity index (χ2v) is 7.05. The van der Waals surface area contributed by atoms with E-state index in [0.717, 1.165) is 35.5 Å². The van der Waals surface area contributed by atoms with E-state index < -0.39 is 0 Å². The van der Waals surface area contributed by atoms with Crippen molar-refractivity contribution in [1.29, 1.82) is 0 Å². The lowest BCUT2D eigenvalue weighted by Gasteiger charge is -2.02. The van der Waals surface area contributed by atoms with Gasteiger partial charge >= 0.3 is 0 Å². The van der Waals surface area contributed by atoms with Crippen LogP contribution < -0.4 is 14.8 Å².